The van der Waals surface area contributed by atoms with E-state index in [4.69, 9.17) is 4.74 Å². The zero-order valence-electron chi connectivity index (χ0n) is 18.2. The van der Waals surface area contributed by atoms with Gasteiger partial charge in [-0.05, 0) is 49.9 Å². The number of nitrogens with zero attached hydrogens (tertiary/aromatic N) is 2. The SMILES string of the molecule is COc1ccc(N(CC(=O)NN=C2CCCCCCCCCCC2)S(C)(=O)=O)cc1. The number of ether oxygens (including phenoxy) is 1. The molecule has 0 aliphatic heterocycles. The number of carbonyl (C=O) groups excluding carboxylic acids is 1. The minimum atomic E-state index is -3.62. The molecule has 0 aromatic heterocycles. The van der Waals surface area contributed by atoms with Crippen LogP contribution in [0.25, 0.3) is 0 Å². The Morgan fingerprint density at radius 3 is 1.93 bits per heavy atom. The summed E-state index contributed by atoms with van der Waals surface area (Å²) in [6.45, 7) is -0.318. The molecular weight excluding hydrogens is 402 g/mol. The van der Waals surface area contributed by atoms with Gasteiger partial charge < -0.3 is 4.74 Å². The lowest BCUT2D eigenvalue weighted by Crippen LogP contribution is -2.39. The molecule has 0 saturated heterocycles. The maximum atomic E-state index is 12.5. The third-order valence-electron chi connectivity index (χ3n) is 5.32. The molecule has 1 saturated carbocycles. The monoisotopic (exact) mass is 437 g/mol. The second kappa shape index (κ2) is 12.6. The molecule has 1 aromatic rings. The van der Waals surface area contributed by atoms with Crippen molar-refractivity contribution in [3.63, 3.8) is 0 Å². The molecular formula is C22H35N3O4S. The van der Waals surface area contributed by atoms with Crippen LogP contribution in [-0.2, 0) is 14.8 Å². The van der Waals surface area contributed by atoms with Crippen LogP contribution in [0.2, 0.25) is 0 Å². The largest absolute Gasteiger partial charge is 0.497 e. The number of sulfonamides is 1. The lowest BCUT2D eigenvalue weighted by Gasteiger charge is -2.21. The van der Waals surface area contributed by atoms with Gasteiger partial charge in [-0.1, -0.05) is 44.9 Å². The van der Waals surface area contributed by atoms with E-state index in [-0.39, 0.29) is 6.54 Å². The highest BCUT2D eigenvalue weighted by atomic mass is 32.2. The number of benzene rings is 1. The van der Waals surface area contributed by atoms with Crippen molar-refractivity contribution in [2.75, 3.05) is 24.2 Å². The smallest absolute Gasteiger partial charge is 0.260 e. The quantitative estimate of drug-likeness (QED) is 0.674. The predicted octanol–water partition coefficient (Wildman–Crippen LogP) is 4.24. The molecule has 1 aliphatic carbocycles. The van der Waals surface area contributed by atoms with Crippen LogP contribution in [0.15, 0.2) is 29.4 Å². The van der Waals surface area contributed by atoms with Crippen molar-refractivity contribution in [3.05, 3.63) is 24.3 Å². The van der Waals surface area contributed by atoms with Crippen molar-refractivity contribution in [2.45, 2.75) is 70.6 Å². The van der Waals surface area contributed by atoms with Gasteiger partial charge in [-0.15, -0.1) is 0 Å². The molecule has 30 heavy (non-hydrogen) atoms. The van der Waals surface area contributed by atoms with E-state index in [0.29, 0.717) is 11.4 Å². The Morgan fingerprint density at radius 1 is 0.967 bits per heavy atom. The topological polar surface area (TPSA) is 88.1 Å². The fourth-order valence-corrected chi connectivity index (χ4v) is 4.44. The molecule has 1 aromatic carbocycles. The average Bonchev–Trinajstić information content (AvgIpc) is 2.71. The lowest BCUT2D eigenvalue weighted by molar-refractivity contribution is -0.119. The third kappa shape index (κ3) is 8.73. The summed E-state index contributed by atoms with van der Waals surface area (Å²) in [7, 11) is -2.08. The number of hydrogen-bond acceptors (Lipinski definition) is 5. The Kier molecular flexibility index (Phi) is 10.1. The Morgan fingerprint density at radius 2 is 1.47 bits per heavy atom. The number of anilines is 1. The van der Waals surface area contributed by atoms with Crippen LogP contribution in [0.4, 0.5) is 5.69 Å². The van der Waals surface area contributed by atoms with Gasteiger partial charge in [-0.25, -0.2) is 13.8 Å². The summed E-state index contributed by atoms with van der Waals surface area (Å²) in [5.41, 5.74) is 3.99. The summed E-state index contributed by atoms with van der Waals surface area (Å²) in [6, 6.07) is 6.56. The van der Waals surface area contributed by atoms with E-state index in [1.165, 1.54) is 44.9 Å². The molecule has 0 unspecified atom stereocenters. The average molecular weight is 438 g/mol. The molecule has 1 fully saturated rings. The van der Waals surface area contributed by atoms with Gasteiger partial charge in [0.05, 0.1) is 19.1 Å². The van der Waals surface area contributed by atoms with Gasteiger partial charge in [0, 0.05) is 5.71 Å². The van der Waals surface area contributed by atoms with Crippen LogP contribution < -0.4 is 14.5 Å². The molecule has 1 N–H and O–H groups in total. The first-order chi connectivity index (χ1) is 14.4. The Balaban J connectivity index is 1.99. The van der Waals surface area contributed by atoms with Crippen molar-refractivity contribution in [1.29, 1.82) is 0 Å². The zero-order valence-corrected chi connectivity index (χ0v) is 19.0. The second-order valence-corrected chi connectivity index (χ2v) is 9.77. The molecule has 2 rings (SSSR count). The molecule has 0 bridgehead atoms. The third-order valence-corrected chi connectivity index (χ3v) is 6.46. The van der Waals surface area contributed by atoms with E-state index in [1.807, 2.05) is 0 Å². The molecule has 0 heterocycles. The molecule has 7 nitrogen and oxygen atoms in total. The van der Waals surface area contributed by atoms with Gasteiger partial charge >= 0.3 is 0 Å². The lowest BCUT2D eigenvalue weighted by atomic mass is 10.00. The molecule has 0 atom stereocenters. The molecule has 1 aliphatic rings. The first-order valence-corrected chi connectivity index (χ1v) is 12.7. The summed E-state index contributed by atoms with van der Waals surface area (Å²) in [5, 5.41) is 4.34. The van der Waals surface area contributed by atoms with Crippen molar-refractivity contribution >= 4 is 27.3 Å². The molecule has 168 valence electrons. The number of hydrazone groups is 1. The zero-order chi connectivity index (χ0) is 21.8. The predicted molar refractivity (Wildman–Crippen MR) is 122 cm³/mol. The van der Waals surface area contributed by atoms with Gasteiger partial charge in [-0.2, -0.15) is 5.10 Å². The van der Waals surface area contributed by atoms with Crippen molar-refractivity contribution in [2.24, 2.45) is 5.10 Å². The van der Waals surface area contributed by atoms with Crippen LogP contribution in [0.3, 0.4) is 0 Å². The maximum absolute atomic E-state index is 12.5. The Labute approximate surface area is 180 Å². The molecule has 0 spiro atoms. The van der Waals surface area contributed by atoms with E-state index in [1.54, 1.807) is 31.4 Å². The first-order valence-electron chi connectivity index (χ1n) is 10.9. The summed E-state index contributed by atoms with van der Waals surface area (Å²) in [4.78, 5) is 12.5. The normalized spacial score (nSPS) is 16.7. The summed E-state index contributed by atoms with van der Waals surface area (Å²) in [5.74, 6) is 0.167. The van der Waals surface area contributed by atoms with Gasteiger partial charge in [0.25, 0.3) is 5.91 Å². The summed E-state index contributed by atoms with van der Waals surface area (Å²) < 4.78 is 30.6. The number of hydrogen-bond donors (Lipinski definition) is 1. The van der Waals surface area contributed by atoms with E-state index < -0.39 is 15.9 Å². The standard InChI is InChI=1S/C22H35N3O4S/c1-29-21-16-14-20(15-17-21)25(30(2,27)28)18-22(26)24-23-19-12-10-8-6-4-3-5-7-9-11-13-19/h14-17H,3-13,18H2,1-2H3,(H,24,26). The van der Waals surface area contributed by atoms with Gasteiger partial charge in [0.2, 0.25) is 10.0 Å². The Bertz CT molecular complexity index is 777. The van der Waals surface area contributed by atoms with Gasteiger partial charge in [0.1, 0.15) is 12.3 Å². The fourth-order valence-electron chi connectivity index (χ4n) is 3.59. The number of nitrogens with one attached hydrogen (secondary N) is 1. The van der Waals surface area contributed by atoms with Crippen LogP contribution in [0.5, 0.6) is 5.75 Å². The van der Waals surface area contributed by atoms with Gasteiger partial charge in [0.15, 0.2) is 0 Å². The number of carbonyl (C=O) groups is 1. The van der Waals surface area contributed by atoms with E-state index >= 15 is 0 Å². The number of methoxy groups -OCH3 is 1. The van der Waals surface area contributed by atoms with Crippen molar-refractivity contribution in [3.8, 4) is 5.75 Å². The van der Waals surface area contributed by atoms with Crippen LogP contribution in [-0.4, -0.2) is 39.9 Å². The van der Waals surface area contributed by atoms with Crippen LogP contribution in [0, 0.1) is 0 Å². The van der Waals surface area contributed by atoms with Crippen molar-refractivity contribution < 1.29 is 17.9 Å². The van der Waals surface area contributed by atoms with Crippen LogP contribution in [0.1, 0.15) is 70.6 Å². The minimum Gasteiger partial charge on any atom is -0.497 e. The van der Waals surface area contributed by atoms with E-state index in [0.717, 1.165) is 42.0 Å². The molecule has 1 amide bonds. The van der Waals surface area contributed by atoms with Crippen molar-refractivity contribution in [1.82, 2.24) is 5.43 Å². The highest BCUT2D eigenvalue weighted by molar-refractivity contribution is 7.92. The molecule has 8 heteroatoms. The first kappa shape index (κ1) is 24.2. The number of rotatable bonds is 6. The highest BCUT2D eigenvalue weighted by Gasteiger charge is 2.21. The summed E-state index contributed by atoms with van der Waals surface area (Å²) in [6.07, 6.45) is 13.8. The van der Waals surface area contributed by atoms with Crippen LogP contribution >= 0.6 is 0 Å². The number of amides is 1. The van der Waals surface area contributed by atoms with E-state index in [9.17, 15) is 13.2 Å². The van der Waals surface area contributed by atoms with Gasteiger partial charge in [-0.3, -0.25) is 9.10 Å². The fraction of sp³-hybridized carbons (Fsp3) is 0.636. The second-order valence-electron chi connectivity index (χ2n) is 7.86. The minimum absolute atomic E-state index is 0.318. The highest BCUT2D eigenvalue weighted by Crippen LogP contribution is 2.21. The molecule has 0 radical (unpaired) electrons. The Hall–Kier alpha value is -2.09. The van der Waals surface area contributed by atoms with E-state index in [2.05, 4.69) is 10.5 Å². The summed E-state index contributed by atoms with van der Waals surface area (Å²) >= 11 is 0. The maximum Gasteiger partial charge on any atom is 0.260 e.